The number of nitrogens with zero attached hydrogens (tertiary/aromatic N) is 3. The summed E-state index contributed by atoms with van der Waals surface area (Å²) in [6.07, 6.45) is 1.40. The summed E-state index contributed by atoms with van der Waals surface area (Å²) in [7, 11) is 0. The number of hydrogen-bond donors (Lipinski definition) is 0. The van der Waals surface area contributed by atoms with E-state index in [1.807, 2.05) is 11.0 Å². The summed E-state index contributed by atoms with van der Waals surface area (Å²) < 4.78 is 8.55. The third kappa shape index (κ3) is 4.92. The molecule has 33 heavy (non-hydrogen) atoms. The van der Waals surface area contributed by atoms with Gasteiger partial charge in [-0.1, -0.05) is 38.1 Å². The number of fused-ring (bicyclic) bond motifs is 1. The summed E-state index contributed by atoms with van der Waals surface area (Å²) >= 11 is 0. The van der Waals surface area contributed by atoms with Crippen molar-refractivity contribution in [3.63, 3.8) is 0 Å². The van der Waals surface area contributed by atoms with Crippen LogP contribution in [0.1, 0.15) is 76.2 Å². The third-order valence-corrected chi connectivity index (χ3v) is 6.56. The van der Waals surface area contributed by atoms with Crippen LogP contribution < -0.4 is 4.74 Å². The van der Waals surface area contributed by atoms with Crippen molar-refractivity contribution in [3.8, 4) is 5.75 Å². The first-order valence-corrected chi connectivity index (χ1v) is 12.1. The maximum atomic E-state index is 12.7. The molecule has 1 unspecified atom stereocenters. The molecule has 176 valence electrons. The smallest absolute Gasteiger partial charge is 0.223 e. The molecule has 1 atom stereocenters. The van der Waals surface area contributed by atoms with Gasteiger partial charge < -0.3 is 14.2 Å². The highest BCUT2D eigenvalue weighted by Crippen LogP contribution is 2.34. The van der Waals surface area contributed by atoms with Crippen LogP contribution in [0.25, 0.3) is 11.0 Å². The number of benzene rings is 2. The second-order valence-electron chi connectivity index (χ2n) is 10.6. The second-order valence-corrected chi connectivity index (χ2v) is 10.6. The van der Waals surface area contributed by atoms with Crippen molar-refractivity contribution in [1.82, 2.24) is 14.5 Å². The molecule has 1 aromatic heterocycles. The largest absolute Gasteiger partial charge is 0.493 e. The van der Waals surface area contributed by atoms with Gasteiger partial charge in [0.1, 0.15) is 11.6 Å². The zero-order valence-corrected chi connectivity index (χ0v) is 20.9. The van der Waals surface area contributed by atoms with Crippen molar-refractivity contribution < 1.29 is 9.53 Å². The van der Waals surface area contributed by atoms with Gasteiger partial charge in [0.15, 0.2) is 0 Å². The van der Waals surface area contributed by atoms with Crippen LogP contribution in [0.4, 0.5) is 0 Å². The number of carbonyl (C=O) groups is 1. The van der Waals surface area contributed by atoms with E-state index in [0.717, 1.165) is 42.1 Å². The number of carbonyl (C=O) groups excluding carboxylic acids is 1. The number of aromatic nitrogens is 2. The molecule has 1 fully saturated rings. The number of amides is 1. The van der Waals surface area contributed by atoms with Crippen LogP contribution in [0, 0.1) is 6.92 Å². The molecule has 5 heteroatoms. The van der Waals surface area contributed by atoms with Crippen molar-refractivity contribution >= 4 is 16.9 Å². The Morgan fingerprint density at radius 2 is 1.91 bits per heavy atom. The zero-order valence-electron chi connectivity index (χ0n) is 20.9. The molecular formula is C28H37N3O2. The molecule has 4 rings (SSSR count). The number of imidazole rings is 1. The van der Waals surface area contributed by atoms with Gasteiger partial charge in [-0.05, 0) is 69.4 Å². The molecule has 0 N–H and O–H groups in total. The Morgan fingerprint density at radius 1 is 1.15 bits per heavy atom. The van der Waals surface area contributed by atoms with Gasteiger partial charge in [0.25, 0.3) is 0 Å². The zero-order chi connectivity index (χ0) is 23.8. The number of aryl methyl sites for hydroxylation is 2. The fourth-order valence-electron chi connectivity index (χ4n) is 4.82. The van der Waals surface area contributed by atoms with Crippen LogP contribution >= 0.6 is 0 Å². The fourth-order valence-corrected chi connectivity index (χ4v) is 4.82. The molecule has 2 heterocycles. The number of ether oxygens (including phenoxy) is 1. The van der Waals surface area contributed by atoms with E-state index in [9.17, 15) is 4.79 Å². The lowest BCUT2D eigenvalue weighted by Crippen LogP contribution is -2.42. The average Bonchev–Trinajstić information content (AvgIpc) is 3.31. The summed E-state index contributed by atoms with van der Waals surface area (Å²) in [6, 6.07) is 14.7. The third-order valence-electron chi connectivity index (χ3n) is 6.56. The Kier molecular flexibility index (Phi) is 6.51. The summed E-state index contributed by atoms with van der Waals surface area (Å²) in [5, 5.41) is 0. The van der Waals surface area contributed by atoms with Gasteiger partial charge >= 0.3 is 0 Å². The first-order chi connectivity index (χ1) is 15.6. The summed E-state index contributed by atoms with van der Waals surface area (Å²) in [6.45, 7) is 15.0. The molecule has 1 aliphatic heterocycles. The van der Waals surface area contributed by atoms with Crippen LogP contribution in [-0.4, -0.2) is 39.0 Å². The van der Waals surface area contributed by atoms with Crippen LogP contribution in [0.3, 0.4) is 0 Å². The SMILES string of the molecule is Cc1ccc(C(C)C)c(OCCCn2c(C3CC(=O)N(C(C)(C)C)C3)nc3ccccc32)c1. The van der Waals surface area contributed by atoms with E-state index in [4.69, 9.17) is 9.72 Å². The van der Waals surface area contributed by atoms with E-state index in [2.05, 4.69) is 82.5 Å². The number of hydrogen-bond acceptors (Lipinski definition) is 3. The Hall–Kier alpha value is -2.82. The van der Waals surface area contributed by atoms with Gasteiger partial charge in [-0.3, -0.25) is 4.79 Å². The van der Waals surface area contributed by atoms with Gasteiger partial charge in [-0.2, -0.15) is 0 Å². The first kappa shape index (κ1) is 23.3. The highest BCUT2D eigenvalue weighted by Gasteiger charge is 2.38. The first-order valence-electron chi connectivity index (χ1n) is 12.1. The monoisotopic (exact) mass is 447 g/mol. The molecule has 0 radical (unpaired) electrons. The van der Waals surface area contributed by atoms with Crippen molar-refractivity contribution in [2.45, 2.75) is 78.3 Å². The van der Waals surface area contributed by atoms with E-state index in [1.54, 1.807) is 0 Å². The molecule has 0 bridgehead atoms. The van der Waals surface area contributed by atoms with Crippen LogP contribution in [0.5, 0.6) is 5.75 Å². The van der Waals surface area contributed by atoms with Gasteiger partial charge in [-0.15, -0.1) is 0 Å². The lowest BCUT2D eigenvalue weighted by atomic mass is 10.0. The Labute approximate surface area is 197 Å². The highest BCUT2D eigenvalue weighted by molar-refractivity contribution is 5.81. The van der Waals surface area contributed by atoms with Crippen molar-refractivity contribution in [2.24, 2.45) is 0 Å². The number of likely N-dealkylation sites (tertiary alicyclic amines) is 1. The standard InChI is InChI=1S/C28H37N3O2/c1-19(2)22-13-12-20(3)16-25(22)33-15-9-14-30-24-11-8-7-10-23(24)29-27(30)21-17-26(32)31(18-21)28(4,5)6/h7-8,10-13,16,19,21H,9,14-15,17-18H2,1-6H3. The fraction of sp³-hybridized carbons (Fsp3) is 0.500. The molecule has 0 saturated carbocycles. The van der Waals surface area contributed by atoms with E-state index in [1.165, 1.54) is 11.1 Å². The Bertz CT molecular complexity index is 1140. The predicted molar refractivity (Wildman–Crippen MR) is 134 cm³/mol. The molecule has 1 saturated heterocycles. The summed E-state index contributed by atoms with van der Waals surface area (Å²) in [5.74, 6) is 2.78. The maximum absolute atomic E-state index is 12.7. The van der Waals surface area contributed by atoms with E-state index in [-0.39, 0.29) is 17.4 Å². The van der Waals surface area contributed by atoms with E-state index in [0.29, 0.717) is 18.9 Å². The van der Waals surface area contributed by atoms with Gasteiger partial charge in [0.05, 0.1) is 17.6 Å². The number of para-hydroxylation sites is 2. The molecule has 0 spiro atoms. The summed E-state index contributed by atoms with van der Waals surface area (Å²) in [4.78, 5) is 19.7. The minimum absolute atomic E-state index is 0.120. The van der Waals surface area contributed by atoms with Crippen molar-refractivity contribution in [2.75, 3.05) is 13.2 Å². The minimum atomic E-state index is -0.168. The maximum Gasteiger partial charge on any atom is 0.223 e. The molecule has 5 nitrogen and oxygen atoms in total. The lowest BCUT2D eigenvalue weighted by Gasteiger charge is -2.32. The minimum Gasteiger partial charge on any atom is -0.493 e. The van der Waals surface area contributed by atoms with E-state index >= 15 is 0 Å². The summed E-state index contributed by atoms with van der Waals surface area (Å²) in [5.41, 5.74) is 4.43. The molecular weight excluding hydrogens is 410 g/mol. The molecule has 0 aliphatic carbocycles. The lowest BCUT2D eigenvalue weighted by molar-refractivity contribution is -0.131. The average molecular weight is 448 g/mol. The van der Waals surface area contributed by atoms with Gasteiger partial charge in [0.2, 0.25) is 5.91 Å². The highest BCUT2D eigenvalue weighted by atomic mass is 16.5. The van der Waals surface area contributed by atoms with Crippen LogP contribution in [0.15, 0.2) is 42.5 Å². The van der Waals surface area contributed by atoms with E-state index < -0.39 is 0 Å². The van der Waals surface area contributed by atoms with Gasteiger partial charge in [0, 0.05) is 31.0 Å². The molecule has 3 aromatic rings. The Balaban J connectivity index is 1.52. The van der Waals surface area contributed by atoms with Crippen molar-refractivity contribution in [1.29, 1.82) is 0 Å². The number of rotatable bonds is 7. The van der Waals surface area contributed by atoms with Gasteiger partial charge in [-0.25, -0.2) is 4.98 Å². The molecule has 2 aromatic carbocycles. The quantitative estimate of drug-likeness (QED) is 0.414. The van der Waals surface area contributed by atoms with Crippen LogP contribution in [-0.2, 0) is 11.3 Å². The topological polar surface area (TPSA) is 47.4 Å². The Morgan fingerprint density at radius 3 is 2.61 bits per heavy atom. The van der Waals surface area contributed by atoms with Crippen molar-refractivity contribution in [3.05, 3.63) is 59.4 Å². The van der Waals surface area contributed by atoms with Crippen LogP contribution in [0.2, 0.25) is 0 Å². The molecule has 1 amide bonds. The second kappa shape index (κ2) is 9.20. The normalized spacial score (nSPS) is 16.9. The molecule has 1 aliphatic rings. The predicted octanol–water partition coefficient (Wildman–Crippen LogP) is 6.05.